The number of nitrogens with one attached hydrogen (secondary N) is 1. The highest BCUT2D eigenvalue weighted by Crippen LogP contribution is 2.22. The number of benzene rings is 1. The van der Waals surface area contributed by atoms with Crippen molar-refractivity contribution in [1.29, 1.82) is 0 Å². The van der Waals surface area contributed by atoms with Crippen molar-refractivity contribution in [2.45, 2.75) is 38.6 Å². The molecule has 3 nitrogen and oxygen atoms in total. The van der Waals surface area contributed by atoms with E-state index in [1.54, 1.807) is 0 Å². The molecule has 0 radical (unpaired) electrons. The lowest BCUT2D eigenvalue weighted by atomic mass is 9.95. The molecule has 0 spiro atoms. The van der Waals surface area contributed by atoms with Gasteiger partial charge in [0.05, 0.1) is 0 Å². The largest absolute Gasteiger partial charge is 0.351 e. The molecule has 0 aliphatic carbocycles. The number of amides is 1. The van der Waals surface area contributed by atoms with Crippen molar-refractivity contribution >= 4 is 17.5 Å². The van der Waals surface area contributed by atoms with Gasteiger partial charge >= 0.3 is 0 Å². The standard InChI is InChI=1S/C14H21ClN2O/c1-14(2,3)17-13(18)8-11(9-16)10-5-4-6-12(15)7-10/h4-7,11H,8-9,16H2,1-3H3,(H,17,18). The number of nitrogens with two attached hydrogens (primary N) is 1. The molecule has 0 aromatic heterocycles. The van der Waals surface area contributed by atoms with Crippen LogP contribution in [-0.4, -0.2) is 18.0 Å². The fourth-order valence-corrected chi connectivity index (χ4v) is 1.99. The Kier molecular flexibility index (Phi) is 5.17. The third kappa shape index (κ3) is 5.07. The van der Waals surface area contributed by atoms with Crippen molar-refractivity contribution in [2.24, 2.45) is 5.73 Å². The second-order valence-electron chi connectivity index (χ2n) is 5.49. The highest BCUT2D eigenvalue weighted by molar-refractivity contribution is 6.30. The van der Waals surface area contributed by atoms with Gasteiger partial charge in [0.1, 0.15) is 0 Å². The molecule has 4 heteroatoms. The number of carbonyl (C=O) groups is 1. The number of hydrogen-bond acceptors (Lipinski definition) is 2. The molecule has 1 aromatic rings. The van der Waals surface area contributed by atoms with Crippen molar-refractivity contribution in [3.63, 3.8) is 0 Å². The van der Waals surface area contributed by atoms with Crippen molar-refractivity contribution in [3.05, 3.63) is 34.9 Å². The molecule has 0 aliphatic heterocycles. The summed E-state index contributed by atoms with van der Waals surface area (Å²) in [6.07, 6.45) is 0.383. The zero-order valence-electron chi connectivity index (χ0n) is 11.2. The average Bonchev–Trinajstić information content (AvgIpc) is 2.23. The average molecular weight is 269 g/mol. The Bertz CT molecular complexity index is 413. The molecule has 0 bridgehead atoms. The van der Waals surface area contributed by atoms with Gasteiger partial charge < -0.3 is 11.1 Å². The minimum absolute atomic E-state index is 0.00560. The van der Waals surface area contributed by atoms with Gasteiger partial charge in [0.25, 0.3) is 0 Å². The fourth-order valence-electron chi connectivity index (χ4n) is 1.79. The molecule has 1 unspecified atom stereocenters. The summed E-state index contributed by atoms with van der Waals surface area (Å²) < 4.78 is 0. The van der Waals surface area contributed by atoms with E-state index in [1.165, 1.54) is 0 Å². The zero-order valence-corrected chi connectivity index (χ0v) is 11.9. The predicted molar refractivity (Wildman–Crippen MR) is 75.8 cm³/mol. The van der Waals surface area contributed by atoms with E-state index >= 15 is 0 Å². The van der Waals surface area contributed by atoms with Crippen LogP contribution in [0.2, 0.25) is 5.02 Å². The third-order valence-corrected chi connectivity index (χ3v) is 2.79. The Labute approximate surface area is 114 Å². The SMILES string of the molecule is CC(C)(C)NC(=O)CC(CN)c1cccc(Cl)c1. The van der Waals surface area contributed by atoms with Crippen LogP contribution in [0.4, 0.5) is 0 Å². The summed E-state index contributed by atoms with van der Waals surface area (Å²) in [4.78, 5) is 11.9. The summed E-state index contributed by atoms with van der Waals surface area (Å²) in [6, 6.07) is 7.51. The van der Waals surface area contributed by atoms with Crippen LogP contribution in [0.15, 0.2) is 24.3 Å². The van der Waals surface area contributed by atoms with Crippen LogP contribution in [0.1, 0.15) is 38.7 Å². The van der Waals surface area contributed by atoms with Gasteiger partial charge in [-0.05, 0) is 45.0 Å². The third-order valence-electron chi connectivity index (χ3n) is 2.55. The van der Waals surface area contributed by atoms with Gasteiger partial charge in [0.2, 0.25) is 5.91 Å². The molecule has 0 saturated carbocycles. The highest BCUT2D eigenvalue weighted by atomic mass is 35.5. The van der Waals surface area contributed by atoms with Crippen LogP contribution >= 0.6 is 11.6 Å². The molecule has 18 heavy (non-hydrogen) atoms. The van der Waals surface area contributed by atoms with Crippen LogP contribution in [0.3, 0.4) is 0 Å². The second-order valence-corrected chi connectivity index (χ2v) is 5.93. The molecule has 1 atom stereocenters. The monoisotopic (exact) mass is 268 g/mol. The Morgan fingerprint density at radius 2 is 2.11 bits per heavy atom. The van der Waals surface area contributed by atoms with E-state index in [0.717, 1.165) is 5.56 Å². The van der Waals surface area contributed by atoms with Gasteiger partial charge in [0.15, 0.2) is 0 Å². The van der Waals surface area contributed by atoms with Crippen LogP contribution in [0.5, 0.6) is 0 Å². The lowest BCUT2D eigenvalue weighted by Gasteiger charge is -2.22. The molecule has 100 valence electrons. The maximum Gasteiger partial charge on any atom is 0.221 e. The predicted octanol–water partition coefficient (Wildman–Crippen LogP) is 2.69. The Morgan fingerprint density at radius 1 is 1.44 bits per heavy atom. The molecule has 0 aliphatic rings. The van der Waals surface area contributed by atoms with Gasteiger partial charge in [-0.2, -0.15) is 0 Å². The van der Waals surface area contributed by atoms with E-state index in [1.807, 2.05) is 45.0 Å². The van der Waals surface area contributed by atoms with Gasteiger partial charge in [-0.1, -0.05) is 23.7 Å². The quantitative estimate of drug-likeness (QED) is 0.882. The maximum absolute atomic E-state index is 11.9. The Hall–Kier alpha value is -1.06. The lowest BCUT2D eigenvalue weighted by molar-refractivity contribution is -0.122. The van der Waals surface area contributed by atoms with Gasteiger partial charge in [0, 0.05) is 22.9 Å². The second kappa shape index (κ2) is 6.21. The first kappa shape index (κ1) is 15.0. The van der Waals surface area contributed by atoms with Crippen molar-refractivity contribution in [1.82, 2.24) is 5.32 Å². The van der Waals surface area contributed by atoms with Crippen LogP contribution < -0.4 is 11.1 Å². The topological polar surface area (TPSA) is 55.1 Å². The first-order chi connectivity index (χ1) is 8.31. The van der Waals surface area contributed by atoms with Crippen LogP contribution in [0.25, 0.3) is 0 Å². The number of carbonyl (C=O) groups excluding carboxylic acids is 1. The molecule has 1 amide bonds. The van der Waals surface area contributed by atoms with Crippen molar-refractivity contribution in [2.75, 3.05) is 6.54 Å². The lowest BCUT2D eigenvalue weighted by Crippen LogP contribution is -2.41. The molecule has 1 rings (SSSR count). The Balaban J connectivity index is 2.71. The van der Waals surface area contributed by atoms with E-state index in [9.17, 15) is 4.79 Å². The molecular formula is C14H21ClN2O. The highest BCUT2D eigenvalue weighted by Gasteiger charge is 2.19. The number of rotatable bonds is 4. The van der Waals surface area contributed by atoms with E-state index in [2.05, 4.69) is 5.32 Å². The molecular weight excluding hydrogens is 248 g/mol. The van der Waals surface area contributed by atoms with Crippen LogP contribution in [0, 0.1) is 0 Å². The van der Waals surface area contributed by atoms with Crippen molar-refractivity contribution in [3.8, 4) is 0 Å². The zero-order chi connectivity index (χ0) is 13.8. The van der Waals surface area contributed by atoms with E-state index < -0.39 is 0 Å². The van der Waals surface area contributed by atoms with Gasteiger partial charge in [-0.25, -0.2) is 0 Å². The Morgan fingerprint density at radius 3 is 2.61 bits per heavy atom. The number of hydrogen-bond donors (Lipinski definition) is 2. The molecule has 0 fully saturated rings. The van der Waals surface area contributed by atoms with Gasteiger partial charge in [-0.3, -0.25) is 4.79 Å². The number of halogens is 1. The summed E-state index contributed by atoms with van der Waals surface area (Å²) in [6.45, 7) is 6.31. The first-order valence-electron chi connectivity index (χ1n) is 6.08. The summed E-state index contributed by atoms with van der Waals surface area (Å²) in [5.74, 6) is 0.0176. The normalized spacial score (nSPS) is 13.2. The maximum atomic E-state index is 11.9. The fraction of sp³-hybridized carbons (Fsp3) is 0.500. The van der Waals surface area contributed by atoms with E-state index in [0.29, 0.717) is 18.0 Å². The van der Waals surface area contributed by atoms with E-state index in [4.69, 9.17) is 17.3 Å². The van der Waals surface area contributed by atoms with E-state index in [-0.39, 0.29) is 17.4 Å². The van der Waals surface area contributed by atoms with Crippen LogP contribution in [-0.2, 0) is 4.79 Å². The van der Waals surface area contributed by atoms with Crippen molar-refractivity contribution < 1.29 is 4.79 Å². The summed E-state index contributed by atoms with van der Waals surface area (Å²) in [5.41, 5.74) is 6.53. The minimum atomic E-state index is -0.218. The molecule has 3 N–H and O–H groups in total. The molecule has 0 heterocycles. The summed E-state index contributed by atoms with van der Waals surface area (Å²) in [5, 5.41) is 3.61. The van der Waals surface area contributed by atoms with Gasteiger partial charge in [-0.15, -0.1) is 0 Å². The molecule has 1 aromatic carbocycles. The smallest absolute Gasteiger partial charge is 0.221 e. The summed E-state index contributed by atoms with van der Waals surface area (Å²) in [7, 11) is 0. The first-order valence-corrected chi connectivity index (χ1v) is 6.46. The molecule has 0 saturated heterocycles. The minimum Gasteiger partial charge on any atom is -0.351 e. The summed E-state index contributed by atoms with van der Waals surface area (Å²) >= 11 is 5.95.